The van der Waals surface area contributed by atoms with Crippen LogP contribution in [0.2, 0.25) is 0 Å². The number of carbonyl (C=O) groups excluding carboxylic acids is 1. The van der Waals surface area contributed by atoms with Gasteiger partial charge in [-0.15, -0.1) is 0 Å². The molecule has 5 rings (SSSR count). The van der Waals surface area contributed by atoms with Gasteiger partial charge in [-0.1, -0.05) is 48.8 Å². The summed E-state index contributed by atoms with van der Waals surface area (Å²) >= 11 is 0. The third kappa shape index (κ3) is 4.20. The Morgan fingerprint density at radius 3 is 2.50 bits per heavy atom. The maximum Gasteiger partial charge on any atom is 0.252 e. The Balaban J connectivity index is 1.55. The van der Waals surface area contributed by atoms with Gasteiger partial charge in [0.05, 0.1) is 22.8 Å². The van der Waals surface area contributed by atoms with Crippen molar-refractivity contribution in [3.05, 3.63) is 59.4 Å². The van der Waals surface area contributed by atoms with E-state index < -0.39 is 6.04 Å². The number of hydrogen-bond donors (Lipinski definition) is 1. The monoisotopic (exact) mass is 458 g/mol. The first-order valence-electron chi connectivity index (χ1n) is 11.9. The van der Waals surface area contributed by atoms with Crippen molar-refractivity contribution in [3.8, 4) is 11.3 Å². The molecular weight excluding hydrogens is 428 g/mol. The molecule has 1 saturated carbocycles. The minimum Gasteiger partial charge on any atom is -0.340 e. The summed E-state index contributed by atoms with van der Waals surface area (Å²) in [5, 5.41) is 12.5. The first-order valence-corrected chi connectivity index (χ1v) is 11.9. The molecule has 8 heteroatoms. The van der Waals surface area contributed by atoms with Gasteiger partial charge in [-0.05, 0) is 45.6 Å². The van der Waals surface area contributed by atoms with Gasteiger partial charge in [-0.25, -0.2) is 9.67 Å². The molecule has 1 amide bonds. The molecular formula is C26H30N6O2. The molecule has 1 unspecified atom stereocenters. The lowest BCUT2D eigenvalue weighted by Crippen LogP contribution is -2.32. The van der Waals surface area contributed by atoms with E-state index in [9.17, 15) is 4.79 Å². The summed E-state index contributed by atoms with van der Waals surface area (Å²) < 4.78 is 7.40. The van der Waals surface area contributed by atoms with Gasteiger partial charge in [0.2, 0.25) is 5.89 Å². The van der Waals surface area contributed by atoms with Crippen LogP contribution in [0.1, 0.15) is 86.2 Å². The lowest BCUT2D eigenvalue weighted by molar-refractivity contribution is 0.0915. The summed E-state index contributed by atoms with van der Waals surface area (Å²) in [5.74, 6) is 1.44. The van der Waals surface area contributed by atoms with E-state index in [4.69, 9.17) is 9.51 Å². The predicted molar refractivity (Wildman–Crippen MR) is 129 cm³/mol. The Labute approximate surface area is 198 Å². The predicted octanol–water partition coefficient (Wildman–Crippen LogP) is 5.38. The highest BCUT2D eigenvalue weighted by atomic mass is 16.5. The van der Waals surface area contributed by atoms with Gasteiger partial charge in [0, 0.05) is 17.5 Å². The topological polar surface area (TPSA) is 98.7 Å². The van der Waals surface area contributed by atoms with E-state index in [1.54, 1.807) is 6.20 Å². The Morgan fingerprint density at radius 2 is 1.85 bits per heavy atom. The summed E-state index contributed by atoms with van der Waals surface area (Å²) in [4.78, 5) is 23.1. The van der Waals surface area contributed by atoms with Crippen molar-refractivity contribution in [1.29, 1.82) is 0 Å². The average Bonchev–Trinajstić information content (AvgIpc) is 3.38. The molecule has 3 aromatic heterocycles. The van der Waals surface area contributed by atoms with Crippen LogP contribution in [0, 0.1) is 12.8 Å². The number of nitrogens with one attached hydrogen (secondary N) is 1. The van der Waals surface area contributed by atoms with Crippen molar-refractivity contribution in [3.63, 3.8) is 0 Å². The molecule has 0 aliphatic heterocycles. The molecule has 1 aliphatic carbocycles. The number of carbonyl (C=O) groups is 1. The summed E-state index contributed by atoms with van der Waals surface area (Å²) in [6, 6.07) is 9.70. The molecule has 0 spiro atoms. The van der Waals surface area contributed by atoms with Crippen LogP contribution in [0.3, 0.4) is 0 Å². The van der Waals surface area contributed by atoms with Crippen LogP contribution in [-0.2, 0) is 0 Å². The van der Waals surface area contributed by atoms with Crippen molar-refractivity contribution >= 4 is 16.9 Å². The van der Waals surface area contributed by atoms with Crippen LogP contribution in [0.15, 0.2) is 41.1 Å². The molecule has 0 saturated heterocycles. The van der Waals surface area contributed by atoms with Gasteiger partial charge in [-0.3, -0.25) is 4.79 Å². The first-order chi connectivity index (χ1) is 16.3. The second kappa shape index (κ2) is 8.66. The number of hydrogen-bond acceptors (Lipinski definition) is 6. The smallest absolute Gasteiger partial charge is 0.252 e. The minimum atomic E-state index is -0.390. The third-order valence-electron chi connectivity index (χ3n) is 6.27. The van der Waals surface area contributed by atoms with E-state index in [-0.39, 0.29) is 17.9 Å². The number of pyridine rings is 1. The Hall–Kier alpha value is -3.55. The fourth-order valence-corrected chi connectivity index (χ4v) is 4.07. The molecule has 0 bridgehead atoms. The van der Waals surface area contributed by atoms with Gasteiger partial charge < -0.3 is 9.84 Å². The van der Waals surface area contributed by atoms with Gasteiger partial charge in [-0.2, -0.15) is 10.1 Å². The summed E-state index contributed by atoms with van der Waals surface area (Å²) in [6.45, 7) is 10.2. The number of aryl methyl sites for hydroxylation is 1. The number of nitrogens with zero attached hydrogens (tertiary/aromatic N) is 5. The van der Waals surface area contributed by atoms with Crippen LogP contribution in [0.5, 0.6) is 0 Å². The largest absolute Gasteiger partial charge is 0.340 e. The van der Waals surface area contributed by atoms with Crippen molar-refractivity contribution in [2.24, 2.45) is 5.92 Å². The normalized spacial score (nSPS) is 14.8. The number of aromatic nitrogens is 5. The van der Waals surface area contributed by atoms with Crippen LogP contribution in [0.4, 0.5) is 0 Å². The molecule has 1 N–H and O–H groups in total. The lowest BCUT2D eigenvalue weighted by atomic mass is 10.0. The van der Waals surface area contributed by atoms with Crippen LogP contribution in [0.25, 0.3) is 22.3 Å². The van der Waals surface area contributed by atoms with Crippen LogP contribution in [-0.4, -0.2) is 30.8 Å². The lowest BCUT2D eigenvalue weighted by Gasteiger charge is -2.19. The average molecular weight is 459 g/mol. The van der Waals surface area contributed by atoms with Gasteiger partial charge >= 0.3 is 0 Å². The zero-order chi connectivity index (χ0) is 24.0. The number of benzene rings is 1. The number of amides is 1. The fourth-order valence-electron chi connectivity index (χ4n) is 4.07. The zero-order valence-electron chi connectivity index (χ0n) is 20.2. The van der Waals surface area contributed by atoms with E-state index in [0.29, 0.717) is 28.4 Å². The molecule has 34 heavy (non-hydrogen) atoms. The molecule has 176 valence electrons. The maximum absolute atomic E-state index is 13.7. The Bertz CT molecular complexity index is 1330. The van der Waals surface area contributed by atoms with Crippen molar-refractivity contribution in [2.75, 3.05) is 0 Å². The van der Waals surface area contributed by atoms with Crippen molar-refractivity contribution in [1.82, 2.24) is 30.2 Å². The summed E-state index contributed by atoms with van der Waals surface area (Å²) in [7, 11) is 0. The van der Waals surface area contributed by atoms with Crippen molar-refractivity contribution in [2.45, 2.75) is 65.5 Å². The molecule has 3 heterocycles. The Morgan fingerprint density at radius 1 is 1.12 bits per heavy atom. The second-order valence-corrected chi connectivity index (χ2v) is 9.80. The van der Waals surface area contributed by atoms with E-state index in [1.165, 1.54) is 5.56 Å². The summed E-state index contributed by atoms with van der Waals surface area (Å²) in [5.41, 5.74) is 4.06. The highest BCUT2D eigenvalue weighted by Crippen LogP contribution is 2.39. The number of rotatable bonds is 7. The minimum absolute atomic E-state index is 0.0729. The van der Waals surface area contributed by atoms with Gasteiger partial charge in [0.15, 0.2) is 11.5 Å². The first kappa shape index (κ1) is 22.3. The summed E-state index contributed by atoms with van der Waals surface area (Å²) in [6.07, 6.45) is 3.90. The van der Waals surface area contributed by atoms with E-state index in [1.807, 2.05) is 69.6 Å². The standard InChI is InChI=1S/C26H30N6O2/c1-14(2)22(26-30-23(31-34-26)18-10-11-18)29-25(33)19-12-21(17-8-6-16(5)7-9-17)28-24-20(19)13-27-32(24)15(3)4/h6-9,12-15,18,22H,10-11H2,1-5H3,(H,29,33). The van der Waals surface area contributed by atoms with E-state index >= 15 is 0 Å². The van der Waals surface area contributed by atoms with E-state index in [2.05, 4.69) is 20.6 Å². The van der Waals surface area contributed by atoms with Crippen LogP contribution >= 0.6 is 0 Å². The molecule has 8 nitrogen and oxygen atoms in total. The van der Waals surface area contributed by atoms with Gasteiger partial charge in [0.1, 0.15) is 6.04 Å². The maximum atomic E-state index is 13.7. The molecule has 4 aromatic rings. The quantitative estimate of drug-likeness (QED) is 0.399. The van der Waals surface area contributed by atoms with Crippen LogP contribution < -0.4 is 5.32 Å². The molecule has 0 radical (unpaired) electrons. The molecule has 1 aliphatic rings. The van der Waals surface area contributed by atoms with E-state index in [0.717, 1.165) is 29.9 Å². The van der Waals surface area contributed by atoms with Gasteiger partial charge in [0.25, 0.3) is 5.91 Å². The molecule has 1 aromatic carbocycles. The number of fused-ring (bicyclic) bond motifs is 1. The highest BCUT2D eigenvalue weighted by Gasteiger charge is 2.32. The SMILES string of the molecule is Cc1ccc(-c2cc(C(=O)NC(c3nc(C4CC4)no3)C(C)C)c3cnn(C(C)C)c3n2)cc1. The third-order valence-corrected chi connectivity index (χ3v) is 6.27. The fraction of sp³-hybridized carbons (Fsp3) is 0.423. The second-order valence-electron chi connectivity index (χ2n) is 9.80. The Kier molecular flexibility index (Phi) is 5.67. The molecule has 1 fully saturated rings. The highest BCUT2D eigenvalue weighted by molar-refractivity contribution is 6.06. The van der Waals surface area contributed by atoms with Crippen molar-refractivity contribution < 1.29 is 9.32 Å². The zero-order valence-corrected chi connectivity index (χ0v) is 20.2. The molecule has 1 atom stereocenters.